The van der Waals surface area contributed by atoms with Gasteiger partial charge in [0.15, 0.2) is 0 Å². The summed E-state index contributed by atoms with van der Waals surface area (Å²) >= 11 is 0. The second kappa shape index (κ2) is 6.69. The molecule has 2 aliphatic heterocycles. The van der Waals surface area contributed by atoms with Crippen LogP contribution in [0.2, 0.25) is 0 Å². The van der Waals surface area contributed by atoms with Gasteiger partial charge in [0.1, 0.15) is 5.78 Å². The molecular weight excluding hydrogens is 382 g/mol. The van der Waals surface area contributed by atoms with E-state index < -0.39 is 0 Å². The summed E-state index contributed by atoms with van der Waals surface area (Å²) in [5.74, 6) is 4.80. The molecule has 10 atom stereocenters. The van der Waals surface area contributed by atoms with Gasteiger partial charge >= 0.3 is 0 Å². The molecule has 0 aromatic heterocycles. The molecule has 4 aliphatic carbocycles. The Kier molecular flexibility index (Phi) is 4.51. The van der Waals surface area contributed by atoms with Gasteiger partial charge in [-0.2, -0.15) is 0 Å². The van der Waals surface area contributed by atoms with E-state index in [-0.39, 0.29) is 11.1 Å². The minimum atomic E-state index is -0.0569. The maximum atomic E-state index is 12.2. The summed E-state index contributed by atoms with van der Waals surface area (Å²) in [7, 11) is 0. The second-order valence-electron chi connectivity index (χ2n) is 13.0. The number of nitrogens with one attached hydrogen (secondary N) is 1. The highest BCUT2D eigenvalue weighted by atomic mass is 16.5. The molecule has 6 rings (SSSR count). The molecule has 6 aliphatic rings. The Hall–Kier alpha value is -0.670. The fourth-order valence-corrected chi connectivity index (χ4v) is 9.72. The van der Waals surface area contributed by atoms with Gasteiger partial charge in [-0.05, 0) is 106 Å². The molecule has 0 aromatic carbocycles. The molecular formula is C28H43NO2. The number of rotatable bonds is 0. The van der Waals surface area contributed by atoms with Crippen LogP contribution < -0.4 is 5.32 Å². The zero-order valence-corrected chi connectivity index (χ0v) is 20.4. The Balaban J connectivity index is 1.35. The molecule has 172 valence electrons. The molecule has 3 saturated carbocycles. The van der Waals surface area contributed by atoms with Crippen molar-refractivity contribution < 1.29 is 9.53 Å². The highest BCUT2D eigenvalue weighted by molar-refractivity contribution is 5.79. The van der Waals surface area contributed by atoms with Gasteiger partial charge in [0.25, 0.3) is 0 Å². The molecule has 31 heavy (non-hydrogen) atoms. The van der Waals surface area contributed by atoms with Crippen LogP contribution in [-0.2, 0) is 9.53 Å². The Morgan fingerprint density at radius 2 is 1.87 bits per heavy atom. The third-order valence-corrected chi connectivity index (χ3v) is 12.0. The van der Waals surface area contributed by atoms with E-state index in [2.05, 4.69) is 39.9 Å². The van der Waals surface area contributed by atoms with Crippen molar-refractivity contribution in [3.8, 4) is 0 Å². The molecule has 1 spiro atoms. The lowest BCUT2D eigenvalue weighted by atomic mass is 9.52. The number of carbonyl (C=O) groups excluding carboxylic acids is 1. The van der Waals surface area contributed by atoms with Crippen molar-refractivity contribution in [2.45, 2.75) is 110 Å². The van der Waals surface area contributed by atoms with Gasteiger partial charge in [0.2, 0.25) is 0 Å². The Labute approximate surface area is 189 Å². The Morgan fingerprint density at radius 3 is 2.68 bits per heavy atom. The van der Waals surface area contributed by atoms with E-state index in [9.17, 15) is 4.79 Å². The van der Waals surface area contributed by atoms with Crippen molar-refractivity contribution in [1.29, 1.82) is 0 Å². The summed E-state index contributed by atoms with van der Waals surface area (Å²) in [6.07, 6.45) is 10.8. The lowest BCUT2D eigenvalue weighted by Gasteiger charge is -2.52. The molecule has 5 fully saturated rings. The molecule has 3 heteroatoms. The molecule has 2 heterocycles. The largest absolute Gasteiger partial charge is 0.365 e. The van der Waals surface area contributed by atoms with Gasteiger partial charge in [-0.25, -0.2) is 0 Å². The summed E-state index contributed by atoms with van der Waals surface area (Å²) < 4.78 is 7.13. The lowest BCUT2D eigenvalue weighted by molar-refractivity contribution is -0.129. The number of ketones is 1. The molecule has 2 saturated heterocycles. The Morgan fingerprint density at radius 1 is 1.06 bits per heavy atom. The van der Waals surface area contributed by atoms with Crippen LogP contribution in [0, 0.1) is 40.9 Å². The molecule has 0 bridgehead atoms. The summed E-state index contributed by atoms with van der Waals surface area (Å²) in [4.78, 5) is 12.2. The van der Waals surface area contributed by atoms with Gasteiger partial charge in [-0.1, -0.05) is 26.3 Å². The number of Topliss-reactive ketones (excluding diaryl/α,β-unsaturated/α-hetero) is 1. The molecule has 1 N–H and O–H groups in total. The first-order chi connectivity index (χ1) is 14.7. The SMILES string of the molecule is CC1=C2C[C@H]3[C@@H](CC[C@@H]4CC(=O)CC[C@@]43C)[C@@H]2CC[C@]12O[C@@H]1C[C@H](C)CN[C@@]1(C)[C@H]2C. The van der Waals surface area contributed by atoms with Gasteiger partial charge in [0.05, 0.1) is 11.7 Å². The van der Waals surface area contributed by atoms with Crippen LogP contribution in [-0.4, -0.2) is 29.6 Å². The lowest BCUT2D eigenvalue weighted by Crippen LogP contribution is -2.59. The maximum Gasteiger partial charge on any atom is 0.133 e. The predicted octanol–water partition coefficient (Wildman–Crippen LogP) is 5.68. The van der Waals surface area contributed by atoms with Crippen LogP contribution in [0.4, 0.5) is 0 Å². The number of hydrogen-bond acceptors (Lipinski definition) is 3. The summed E-state index contributed by atoms with van der Waals surface area (Å²) in [5.41, 5.74) is 3.82. The van der Waals surface area contributed by atoms with Crippen molar-refractivity contribution in [2.24, 2.45) is 40.9 Å². The van der Waals surface area contributed by atoms with E-state index in [0.717, 1.165) is 43.6 Å². The summed E-state index contributed by atoms with van der Waals surface area (Å²) in [6, 6.07) is 0. The molecule has 3 nitrogen and oxygen atoms in total. The molecule has 0 aromatic rings. The second-order valence-corrected chi connectivity index (χ2v) is 13.0. The van der Waals surface area contributed by atoms with E-state index in [1.54, 1.807) is 11.1 Å². The first-order valence-electron chi connectivity index (χ1n) is 13.3. The highest BCUT2D eigenvalue weighted by Crippen LogP contribution is 2.66. The van der Waals surface area contributed by atoms with E-state index >= 15 is 0 Å². The van der Waals surface area contributed by atoms with E-state index in [1.165, 1.54) is 38.5 Å². The van der Waals surface area contributed by atoms with Crippen LogP contribution in [0.15, 0.2) is 11.1 Å². The molecule has 0 radical (unpaired) electrons. The fraction of sp³-hybridized carbons (Fsp3) is 0.893. The minimum Gasteiger partial charge on any atom is -0.365 e. The first kappa shape index (κ1) is 20.9. The number of allylic oxidation sites excluding steroid dienone is 1. The van der Waals surface area contributed by atoms with Crippen LogP contribution in [0.3, 0.4) is 0 Å². The van der Waals surface area contributed by atoms with Crippen LogP contribution in [0.25, 0.3) is 0 Å². The average Bonchev–Trinajstić information content (AvgIpc) is 3.22. The standard InChI is InChI=1S/C28H43NO2/c1-16-12-25-27(5,29-15-16)18(3)28(31-25)11-9-21-22-7-6-19-13-20(30)8-10-26(19,4)24(22)14-23(21)17(28)2/h16,18-19,21-22,24-25,29H,6-15H2,1-5H3/t16-,18+,19+,21-,22-,24-,25+,26-,27-,28-/m0/s1. The predicted molar refractivity (Wildman–Crippen MR) is 124 cm³/mol. The van der Waals surface area contributed by atoms with Crippen LogP contribution in [0.5, 0.6) is 0 Å². The quantitative estimate of drug-likeness (QED) is 0.507. The summed E-state index contributed by atoms with van der Waals surface area (Å²) in [6.45, 7) is 13.4. The first-order valence-corrected chi connectivity index (χ1v) is 13.3. The van der Waals surface area contributed by atoms with E-state index in [1.807, 2.05) is 0 Å². The monoisotopic (exact) mass is 425 g/mol. The van der Waals surface area contributed by atoms with Gasteiger partial charge in [0, 0.05) is 24.3 Å². The normalized spacial score (nSPS) is 56.3. The summed E-state index contributed by atoms with van der Waals surface area (Å²) in [5, 5.41) is 3.93. The van der Waals surface area contributed by atoms with Gasteiger partial charge in [-0.3, -0.25) is 4.79 Å². The number of piperidine rings is 1. The van der Waals surface area contributed by atoms with Crippen molar-refractivity contribution >= 4 is 5.78 Å². The number of ether oxygens (including phenoxy) is 1. The van der Waals surface area contributed by atoms with Crippen molar-refractivity contribution in [3.05, 3.63) is 11.1 Å². The van der Waals surface area contributed by atoms with Crippen LogP contribution in [0.1, 0.15) is 92.4 Å². The number of carbonyl (C=O) groups is 1. The smallest absolute Gasteiger partial charge is 0.133 e. The minimum absolute atomic E-state index is 0.0569. The Bertz CT molecular complexity index is 833. The number of hydrogen-bond donors (Lipinski definition) is 1. The van der Waals surface area contributed by atoms with Crippen LogP contribution >= 0.6 is 0 Å². The molecule has 0 amide bonds. The van der Waals surface area contributed by atoms with Crippen molar-refractivity contribution in [1.82, 2.24) is 5.32 Å². The van der Waals surface area contributed by atoms with Crippen molar-refractivity contribution in [2.75, 3.05) is 6.54 Å². The maximum absolute atomic E-state index is 12.2. The third kappa shape index (κ3) is 2.63. The van der Waals surface area contributed by atoms with E-state index in [0.29, 0.717) is 35.1 Å². The average molecular weight is 426 g/mol. The topological polar surface area (TPSA) is 38.3 Å². The van der Waals surface area contributed by atoms with Gasteiger partial charge in [-0.15, -0.1) is 0 Å². The van der Waals surface area contributed by atoms with Gasteiger partial charge < -0.3 is 10.1 Å². The van der Waals surface area contributed by atoms with E-state index in [4.69, 9.17) is 4.74 Å². The third-order valence-electron chi connectivity index (χ3n) is 12.0. The zero-order chi connectivity index (χ0) is 21.8. The molecule has 0 unspecified atom stereocenters. The van der Waals surface area contributed by atoms with Crippen molar-refractivity contribution in [3.63, 3.8) is 0 Å². The zero-order valence-electron chi connectivity index (χ0n) is 20.4. The number of fused-ring (bicyclic) bond motifs is 6. The fourth-order valence-electron chi connectivity index (χ4n) is 9.72. The highest BCUT2D eigenvalue weighted by Gasteiger charge is 2.64.